The van der Waals surface area contributed by atoms with Crippen molar-refractivity contribution in [1.82, 2.24) is 0 Å². The Labute approximate surface area is 127 Å². The number of nitrogens with one attached hydrogen (secondary N) is 1. The third-order valence-electron chi connectivity index (χ3n) is 3.68. The van der Waals surface area contributed by atoms with Gasteiger partial charge in [0.1, 0.15) is 10.8 Å². The molecule has 0 bridgehead atoms. The molecule has 106 valence electrons. The van der Waals surface area contributed by atoms with Gasteiger partial charge < -0.3 is 11.1 Å². The summed E-state index contributed by atoms with van der Waals surface area (Å²) in [6.07, 6.45) is 0.689. The summed E-state index contributed by atoms with van der Waals surface area (Å²) in [7, 11) is 0. The molecule has 1 unspecified atom stereocenters. The maximum Gasteiger partial charge on any atom is 0.232 e. The van der Waals surface area contributed by atoms with Crippen molar-refractivity contribution in [2.24, 2.45) is 5.73 Å². The first kappa shape index (κ1) is 13.7. The van der Waals surface area contributed by atoms with Crippen LogP contribution in [0.5, 0.6) is 0 Å². The summed E-state index contributed by atoms with van der Waals surface area (Å²) in [5.41, 5.74) is 8.20. The molecule has 0 radical (unpaired) electrons. The second-order valence-electron chi connectivity index (χ2n) is 5.00. The molecule has 0 saturated carbocycles. The van der Waals surface area contributed by atoms with E-state index in [1.807, 2.05) is 24.3 Å². The molecule has 3 nitrogen and oxygen atoms in total. The number of hydrogen-bond acceptors (Lipinski definition) is 2. The molecule has 1 atom stereocenters. The fourth-order valence-electron chi connectivity index (χ4n) is 2.48. The van der Waals surface area contributed by atoms with Crippen molar-refractivity contribution in [3.63, 3.8) is 0 Å². The second-order valence-corrected chi connectivity index (χ2v) is 5.44. The van der Waals surface area contributed by atoms with Crippen LogP contribution in [-0.2, 0) is 11.2 Å². The molecule has 1 aliphatic rings. The van der Waals surface area contributed by atoms with Gasteiger partial charge in [-0.3, -0.25) is 4.79 Å². The van der Waals surface area contributed by atoms with E-state index in [0.29, 0.717) is 12.0 Å². The summed E-state index contributed by atoms with van der Waals surface area (Å²) in [5.74, 6) is -0.951. The van der Waals surface area contributed by atoms with Gasteiger partial charge in [-0.15, -0.1) is 0 Å². The highest BCUT2D eigenvalue weighted by molar-refractivity contribution is 7.80. The largest absolute Gasteiger partial charge is 0.389 e. The van der Waals surface area contributed by atoms with Crippen molar-refractivity contribution in [3.05, 3.63) is 65.0 Å². The zero-order valence-electron chi connectivity index (χ0n) is 11.1. The van der Waals surface area contributed by atoms with E-state index < -0.39 is 5.82 Å². The molecule has 0 aliphatic heterocycles. The summed E-state index contributed by atoms with van der Waals surface area (Å²) in [4.78, 5) is 12.3. The van der Waals surface area contributed by atoms with E-state index in [9.17, 15) is 9.18 Å². The average molecular weight is 300 g/mol. The van der Waals surface area contributed by atoms with Gasteiger partial charge in [-0.25, -0.2) is 4.39 Å². The Balaban J connectivity index is 1.76. The molecule has 3 rings (SSSR count). The molecule has 0 fully saturated rings. The Morgan fingerprint density at radius 3 is 2.71 bits per heavy atom. The maximum absolute atomic E-state index is 13.9. The fraction of sp³-hybridized carbons (Fsp3) is 0.125. The first-order valence-electron chi connectivity index (χ1n) is 6.54. The van der Waals surface area contributed by atoms with Gasteiger partial charge in [0.25, 0.3) is 0 Å². The number of amides is 1. The van der Waals surface area contributed by atoms with Gasteiger partial charge in [0.05, 0.1) is 11.6 Å². The fourth-order valence-corrected chi connectivity index (χ4v) is 2.61. The number of fused-ring (bicyclic) bond motifs is 1. The van der Waals surface area contributed by atoms with Crippen molar-refractivity contribution in [2.45, 2.75) is 12.3 Å². The average Bonchev–Trinajstić information content (AvgIpc) is 2.42. The van der Waals surface area contributed by atoms with Gasteiger partial charge in [0, 0.05) is 5.56 Å². The van der Waals surface area contributed by atoms with Crippen LogP contribution in [0.3, 0.4) is 0 Å². The molecule has 21 heavy (non-hydrogen) atoms. The third-order valence-corrected chi connectivity index (χ3v) is 3.92. The Hall–Kier alpha value is -2.27. The van der Waals surface area contributed by atoms with Crippen LogP contribution in [0.1, 0.15) is 22.6 Å². The Bertz CT molecular complexity index is 745. The quantitative estimate of drug-likeness (QED) is 0.857. The predicted molar refractivity (Wildman–Crippen MR) is 83.8 cm³/mol. The molecular formula is C16H13FN2OS. The number of carbonyl (C=O) groups is 1. The highest BCUT2D eigenvalue weighted by atomic mass is 32.1. The van der Waals surface area contributed by atoms with E-state index in [1.54, 1.807) is 6.07 Å². The first-order chi connectivity index (χ1) is 10.1. The number of anilines is 1. The zero-order valence-corrected chi connectivity index (χ0v) is 11.9. The van der Waals surface area contributed by atoms with Gasteiger partial charge in [-0.2, -0.15) is 0 Å². The van der Waals surface area contributed by atoms with Crippen molar-refractivity contribution < 1.29 is 9.18 Å². The van der Waals surface area contributed by atoms with Crippen LogP contribution in [0.4, 0.5) is 10.1 Å². The van der Waals surface area contributed by atoms with Crippen molar-refractivity contribution >= 4 is 28.8 Å². The maximum atomic E-state index is 13.9. The molecule has 0 aromatic heterocycles. The Morgan fingerprint density at radius 2 is 2.05 bits per heavy atom. The van der Waals surface area contributed by atoms with Crippen molar-refractivity contribution in [1.29, 1.82) is 0 Å². The molecule has 1 amide bonds. The predicted octanol–water partition coefficient (Wildman–Crippen LogP) is 2.74. The first-order valence-corrected chi connectivity index (χ1v) is 6.95. The number of thiocarbonyl (C=S) groups is 1. The lowest BCUT2D eigenvalue weighted by Crippen LogP contribution is -2.30. The van der Waals surface area contributed by atoms with E-state index in [2.05, 4.69) is 5.32 Å². The lowest BCUT2D eigenvalue weighted by Gasteiger charge is -2.28. The normalized spacial score (nSPS) is 15.8. The zero-order chi connectivity index (χ0) is 15.0. The molecule has 3 N–H and O–H groups in total. The number of halogens is 1. The van der Waals surface area contributed by atoms with E-state index >= 15 is 0 Å². The second kappa shape index (κ2) is 5.26. The number of hydrogen-bond donors (Lipinski definition) is 2. The highest BCUT2D eigenvalue weighted by Gasteiger charge is 2.31. The number of benzene rings is 2. The SMILES string of the molecule is NC(=S)c1ccc(NC(=O)C2Cc3ccccc32)c(F)c1. The lowest BCUT2D eigenvalue weighted by atomic mass is 9.77. The molecule has 2 aromatic carbocycles. The monoisotopic (exact) mass is 300 g/mol. The van der Waals surface area contributed by atoms with Crippen LogP contribution in [-0.4, -0.2) is 10.9 Å². The minimum atomic E-state index is -0.541. The highest BCUT2D eigenvalue weighted by Crippen LogP contribution is 2.35. The molecule has 2 aromatic rings. The van der Waals surface area contributed by atoms with E-state index in [-0.39, 0.29) is 22.5 Å². The molecule has 0 heterocycles. The van der Waals surface area contributed by atoms with E-state index in [1.165, 1.54) is 17.7 Å². The van der Waals surface area contributed by atoms with E-state index in [0.717, 1.165) is 5.56 Å². The molecular weight excluding hydrogens is 287 g/mol. The Morgan fingerprint density at radius 1 is 1.29 bits per heavy atom. The van der Waals surface area contributed by atoms with Crippen LogP contribution < -0.4 is 11.1 Å². The summed E-state index contributed by atoms with van der Waals surface area (Å²) in [6.45, 7) is 0. The van der Waals surface area contributed by atoms with Crippen molar-refractivity contribution in [2.75, 3.05) is 5.32 Å². The molecule has 1 aliphatic carbocycles. The van der Waals surface area contributed by atoms with Crippen LogP contribution in [0, 0.1) is 5.82 Å². The van der Waals surface area contributed by atoms with Gasteiger partial charge in [0.2, 0.25) is 5.91 Å². The summed E-state index contributed by atoms with van der Waals surface area (Å²) in [5, 5.41) is 2.62. The molecule has 0 saturated heterocycles. The third kappa shape index (κ3) is 2.52. The topological polar surface area (TPSA) is 55.1 Å². The number of carbonyl (C=O) groups excluding carboxylic acids is 1. The van der Waals surface area contributed by atoms with Gasteiger partial charge in [-0.05, 0) is 35.7 Å². The van der Waals surface area contributed by atoms with E-state index in [4.69, 9.17) is 18.0 Å². The van der Waals surface area contributed by atoms with Gasteiger partial charge in [-0.1, -0.05) is 36.5 Å². The van der Waals surface area contributed by atoms with Crippen LogP contribution in [0.25, 0.3) is 0 Å². The van der Waals surface area contributed by atoms with Crippen LogP contribution >= 0.6 is 12.2 Å². The summed E-state index contributed by atoms with van der Waals surface area (Å²) in [6, 6.07) is 12.1. The molecule has 0 spiro atoms. The lowest BCUT2D eigenvalue weighted by molar-refractivity contribution is -0.118. The minimum Gasteiger partial charge on any atom is -0.389 e. The number of nitrogens with two attached hydrogens (primary N) is 1. The minimum absolute atomic E-state index is 0.125. The van der Waals surface area contributed by atoms with Crippen LogP contribution in [0.15, 0.2) is 42.5 Å². The van der Waals surface area contributed by atoms with Crippen LogP contribution in [0.2, 0.25) is 0 Å². The smallest absolute Gasteiger partial charge is 0.232 e. The summed E-state index contributed by atoms with van der Waals surface area (Å²) < 4.78 is 13.9. The van der Waals surface area contributed by atoms with Gasteiger partial charge in [0.15, 0.2) is 0 Å². The van der Waals surface area contributed by atoms with Gasteiger partial charge >= 0.3 is 0 Å². The standard InChI is InChI=1S/C16H13FN2OS/c17-13-8-10(15(18)21)5-6-14(13)19-16(20)12-7-9-3-1-2-4-11(9)12/h1-6,8,12H,7H2,(H2,18,21)(H,19,20). The van der Waals surface area contributed by atoms with Crippen molar-refractivity contribution in [3.8, 4) is 0 Å². The number of rotatable bonds is 3. The molecule has 5 heteroatoms. The Kier molecular flexibility index (Phi) is 3.43. The summed E-state index contributed by atoms with van der Waals surface area (Å²) >= 11 is 4.79.